The molecule has 0 aromatic heterocycles. The van der Waals surface area contributed by atoms with Crippen LogP contribution in [0.3, 0.4) is 0 Å². The fourth-order valence-electron chi connectivity index (χ4n) is 3.81. The van der Waals surface area contributed by atoms with Crippen molar-refractivity contribution in [2.45, 2.75) is 103 Å². The third-order valence-electron chi connectivity index (χ3n) is 5.33. The van der Waals surface area contributed by atoms with Crippen molar-refractivity contribution in [1.82, 2.24) is 5.32 Å². The fraction of sp³-hybridized carbons (Fsp3) is 0.864. The summed E-state index contributed by atoms with van der Waals surface area (Å²) in [7, 11) is 1.20. The Morgan fingerprint density at radius 3 is 2.28 bits per heavy atom. The Balaban J connectivity index is 2.74. The van der Waals surface area contributed by atoms with E-state index in [0.717, 1.165) is 12.8 Å². The Bertz CT molecular complexity index is 534. The van der Waals surface area contributed by atoms with Crippen LogP contribution in [0.15, 0.2) is 0 Å². The molecule has 1 fully saturated rings. The minimum Gasteiger partial charge on any atom is -0.467 e. The third-order valence-corrected chi connectivity index (χ3v) is 5.33. The summed E-state index contributed by atoms with van der Waals surface area (Å²) < 4.78 is 10.0. The molecule has 0 spiro atoms. The molecular formula is C22H39NO6. The molecule has 0 bridgehead atoms. The standard InChI is InChI=1S/C22H39NO6/c1-15(24)19(21(27)28-5)23-20(26)17(14-18(25)29-22(2,3)4)13-9-12-16-10-7-6-8-11-16/h15-17,19,24H,6-14H2,1-5H3,(H,23,26)/t15?,17-,19?/m1/s1. The molecule has 0 aromatic carbocycles. The molecule has 1 aliphatic carbocycles. The number of aliphatic hydroxyl groups is 1. The minimum absolute atomic E-state index is 0.0541. The van der Waals surface area contributed by atoms with E-state index in [0.29, 0.717) is 12.3 Å². The summed E-state index contributed by atoms with van der Waals surface area (Å²) in [5.41, 5.74) is -0.631. The van der Waals surface area contributed by atoms with Crippen LogP contribution < -0.4 is 5.32 Å². The largest absolute Gasteiger partial charge is 0.467 e. The lowest BCUT2D eigenvalue weighted by atomic mass is 9.84. The van der Waals surface area contributed by atoms with Crippen molar-refractivity contribution in [2.75, 3.05) is 7.11 Å². The van der Waals surface area contributed by atoms with E-state index in [-0.39, 0.29) is 6.42 Å². The molecule has 2 unspecified atom stereocenters. The highest BCUT2D eigenvalue weighted by Crippen LogP contribution is 2.29. The highest BCUT2D eigenvalue weighted by Gasteiger charge is 2.31. The van der Waals surface area contributed by atoms with E-state index in [4.69, 9.17) is 4.74 Å². The lowest BCUT2D eigenvalue weighted by Crippen LogP contribution is -2.50. The number of nitrogens with one attached hydrogen (secondary N) is 1. The molecule has 3 atom stereocenters. The average Bonchev–Trinajstić information content (AvgIpc) is 2.63. The monoisotopic (exact) mass is 413 g/mol. The molecule has 0 saturated heterocycles. The van der Waals surface area contributed by atoms with E-state index in [2.05, 4.69) is 10.1 Å². The number of aliphatic hydroxyl groups excluding tert-OH is 1. The second-order valence-electron chi connectivity index (χ2n) is 9.17. The van der Waals surface area contributed by atoms with Gasteiger partial charge in [-0.05, 0) is 40.0 Å². The Kier molecular flexibility index (Phi) is 10.6. The third kappa shape index (κ3) is 10.1. The molecule has 29 heavy (non-hydrogen) atoms. The van der Waals surface area contributed by atoms with Gasteiger partial charge in [-0.25, -0.2) is 4.79 Å². The second-order valence-corrected chi connectivity index (χ2v) is 9.17. The van der Waals surface area contributed by atoms with Crippen LogP contribution in [-0.2, 0) is 23.9 Å². The molecule has 0 aliphatic heterocycles. The first-order valence-electron chi connectivity index (χ1n) is 10.8. The number of hydrogen-bond donors (Lipinski definition) is 2. The van der Waals surface area contributed by atoms with Crippen LogP contribution in [0.4, 0.5) is 0 Å². The summed E-state index contributed by atoms with van der Waals surface area (Å²) in [5, 5.41) is 12.4. The molecule has 7 nitrogen and oxygen atoms in total. The number of carbonyl (C=O) groups is 3. The van der Waals surface area contributed by atoms with Crippen molar-refractivity contribution in [3.63, 3.8) is 0 Å². The van der Waals surface area contributed by atoms with Crippen molar-refractivity contribution < 1.29 is 29.0 Å². The molecule has 2 N–H and O–H groups in total. The van der Waals surface area contributed by atoms with Gasteiger partial charge in [0.05, 0.1) is 19.6 Å². The Hall–Kier alpha value is -1.63. The number of carbonyl (C=O) groups excluding carboxylic acids is 3. The summed E-state index contributed by atoms with van der Waals surface area (Å²) in [6.45, 7) is 6.76. The summed E-state index contributed by atoms with van der Waals surface area (Å²) in [4.78, 5) is 37.0. The van der Waals surface area contributed by atoms with Gasteiger partial charge >= 0.3 is 11.9 Å². The Morgan fingerprint density at radius 1 is 1.14 bits per heavy atom. The molecule has 0 radical (unpaired) electrons. The zero-order valence-corrected chi connectivity index (χ0v) is 18.7. The number of rotatable bonds is 10. The van der Waals surface area contributed by atoms with Crippen molar-refractivity contribution in [1.29, 1.82) is 0 Å². The van der Waals surface area contributed by atoms with Gasteiger partial charge in [-0.3, -0.25) is 9.59 Å². The Morgan fingerprint density at radius 2 is 1.76 bits per heavy atom. The second kappa shape index (κ2) is 12.2. The summed E-state index contributed by atoms with van der Waals surface area (Å²) in [6.07, 6.45) is 7.55. The van der Waals surface area contributed by atoms with Gasteiger partial charge < -0.3 is 19.9 Å². The number of amides is 1. The maximum absolute atomic E-state index is 12.8. The molecule has 1 saturated carbocycles. The molecule has 1 aliphatic rings. The fourth-order valence-corrected chi connectivity index (χ4v) is 3.81. The number of esters is 2. The van der Waals surface area contributed by atoms with Crippen LogP contribution in [-0.4, -0.2) is 47.8 Å². The SMILES string of the molecule is COC(=O)C(NC(=O)[C@H](CCCC1CCCCC1)CC(=O)OC(C)(C)C)C(C)O. The van der Waals surface area contributed by atoms with Crippen LogP contribution in [0.2, 0.25) is 0 Å². The first-order chi connectivity index (χ1) is 13.5. The lowest BCUT2D eigenvalue weighted by Gasteiger charge is -2.25. The first kappa shape index (κ1) is 25.4. The van der Waals surface area contributed by atoms with Crippen LogP contribution >= 0.6 is 0 Å². The highest BCUT2D eigenvalue weighted by molar-refractivity contribution is 5.88. The van der Waals surface area contributed by atoms with Crippen LogP contribution in [0.1, 0.15) is 85.5 Å². The molecule has 0 heterocycles. The average molecular weight is 414 g/mol. The van der Waals surface area contributed by atoms with Gasteiger partial charge in [0.15, 0.2) is 6.04 Å². The van der Waals surface area contributed by atoms with Crippen molar-refractivity contribution in [2.24, 2.45) is 11.8 Å². The maximum atomic E-state index is 12.8. The van der Waals surface area contributed by atoms with Gasteiger partial charge in [0, 0.05) is 5.92 Å². The molecule has 7 heteroatoms. The maximum Gasteiger partial charge on any atom is 0.331 e. The number of ether oxygens (including phenoxy) is 2. The van der Waals surface area contributed by atoms with Gasteiger partial charge in [0.25, 0.3) is 0 Å². The van der Waals surface area contributed by atoms with Gasteiger partial charge in [0.2, 0.25) is 5.91 Å². The topological polar surface area (TPSA) is 102 Å². The van der Waals surface area contributed by atoms with Gasteiger partial charge in [-0.15, -0.1) is 0 Å². The molecule has 1 rings (SSSR count). The van der Waals surface area contributed by atoms with Gasteiger partial charge in [-0.1, -0.05) is 44.9 Å². The summed E-state index contributed by atoms with van der Waals surface area (Å²) in [6, 6.07) is -1.16. The van der Waals surface area contributed by atoms with Crippen LogP contribution in [0, 0.1) is 11.8 Å². The minimum atomic E-state index is -1.16. The molecule has 1 amide bonds. The quantitative estimate of drug-likeness (QED) is 0.534. The number of hydrogen-bond acceptors (Lipinski definition) is 6. The normalized spacial score (nSPS) is 18.4. The molecule has 0 aromatic rings. The van der Waals surface area contributed by atoms with E-state index in [1.54, 1.807) is 20.8 Å². The van der Waals surface area contributed by atoms with E-state index in [1.165, 1.54) is 46.1 Å². The van der Waals surface area contributed by atoms with Crippen molar-refractivity contribution >= 4 is 17.8 Å². The van der Waals surface area contributed by atoms with E-state index >= 15 is 0 Å². The predicted molar refractivity (Wildman–Crippen MR) is 110 cm³/mol. The van der Waals surface area contributed by atoms with Crippen LogP contribution in [0.5, 0.6) is 0 Å². The first-order valence-corrected chi connectivity index (χ1v) is 10.8. The number of methoxy groups -OCH3 is 1. The lowest BCUT2D eigenvalue weighted by molar-refractivity contribution is -0.157. The highest BCUT2D eigenvalue weighted by atomic mass is 16.6. The Labute approximate surface area is 174 Å². The van der Waals surface area contributed by atoms with Gasteiger partial charge in [0.1, 0.15) is 5.60 Å². The zero-order valence-electron chi connectivity index (χ0n) is 18.7. The van der Waals surface area contributed by atoms with Gasteiger partial charge in [-0.2, -0.15) is 0 Å². The van der Waals surface area contributed by atoms with E-state index in [9.17, 15) is 19.5 Å². The predicted octanol–water partition coefficient (Wildman–Crippen LogP) is 3.12. The van der Waals surface area contributed by atoms with Crippen molar-refractivity contribution in [3.05, 3.63) is 0 Å². The van der Waals surface area contributed by atoms with E-state index in [1.807, 2.05) is 0 Å². The molecular weight excluding hydrogens is 374 g/mol. The van der Waals surface area contributed by atoms with Crippen LogP contribution in [0.25, 0.3) is 0 Å². The summed E-state index contributed by atoms with van der Waals surface area (Å²) >= 11 is 0. The van der Waals surface area contributed by atoms with Crippen molar-refractivity contribution in [3.8, 4) is 0 Å². The zero-order chi connectivity index (χ0) is 22.0. The van der Waals surface area contributed by atoms with E-state index < -0.39 is 41.5 Å². The summed E-state index contributed by atoms with van der Waals surface area (Å²) in [5.74, 6) is -1.52. The molecule has 168 valence electrons. The smallest absolute Gasteiger partial charge is 0.331 e.